The van der Waals surface area contributed by atoms with E-state index in [0.717, 1.165) is 0 Å². The quantitative estimate of drug-likeness (QED) is 0.706. The van der Waals surface area contributed by atoms with Gasteiger partial charge in [0.05, 0.1) is 18.5 Å². The van der Waals surface area contributed by atoms with Crippen molar-refractivity contribution in [3.63, 3.8) is 0 Å². The number of hydrogen-bond acceptors (Lipinski definition) is 6. The molecule has 0 radical (unpaired) electrons. The van der Waals surface area contributed by atoms with Gasteiger partial charge in [0, 0.05) is 12.1 Å². The lowest BCUT2D eigenvalue weighted by Crippen LogP contribution is -2.29. The second kappa shape index (κ2) is 7.50. The summed E-state index contributed by atoms with van der Waals surface area (Å²) in [7, 11) is 1.37. The van der Waals surface area contributed by atoms with Crippen molar-refractivity contribution in [3.8, 4) is 11.5 Å². The molecule has 0 spiro atoms. The molecule has 1 aromatic carbocycles. The number of carbonyl (C=O) groups is 2. The predicted octanol–water partition coefficient (Wildman–Crippen LogP) is 4.09. The topological polar surface area (TPSA) is 106 Å². The van der Waals surface area contributed by atoms with Crippen molar-refractivity contribution in [3.05, 3.63) is 12.1 Å². The van der Waals surface area contributed by atoms with Crippen LogP contribution >= 0.6 is 0 Å². The highest BCUT2D eigenvalue weighted by Crippen LogP contribution is 2.36. The van der Waals surface area contributed by atoms with Gasteiger partial charge in [-0.3, -0.25) is 10.6 Å². The van der Waals surface area contributed by atoms with Crippen LogP contribution < -0.4 is 15.4 Å². The monoisotopic (exact) mass is 354 g/mol. The van der Waals surface area contributed by atoms with Crippen LogP contribution in [0, 0.1) is 0 Å². The number of ether oxygens (including phenoxy) is 3. The van der Waals surface area contributed by atoms with Gasteiger partial charge in [-0.1, -0.05) is 0 Å². The van der Waals surface area contributed by atoms with Gasteiger partial charge >= 0.3 is 12.2 Å². The van der Waals surface area contributed by atoms with Gasteiger partial charge in [-0.25, -0.2) is 9.59 Å². The number of aromatic hydroxyl groups is 1. The molecule has 0 fully saturated rings. The van der Waals surface area contributed by atoms with Crippen LogP contribution in [-0.2, 0) is 9.47 Å². The summed E-state index contributed by atoms with van der Waals surface area (Å²) < 4.78 is 15.4. The Hall–Kier alpha value is -2.64. The maximum Gasteiger partial charge on any atom is 0.412 e. The Bertz CT molecular complexity index is 644. The predicted molar refractivity (Wildman–Crippen MR) is 94.4 cm³/mol. The molecule has 1 aromatic rings. The fourth-order valence-corrected chi connectivity index (χ4v) is 1.77. The largest absolute Gasteiger partial charge is 0.504 e. The van der Waals surface area contributed by atoms with E-state index in [0.29, 0.717) is 0 Å². The lowest BCUT2D eigenvalue weighted by Gasteiger charge is -2.22. The highest BCUT2D eigenvalue weighted by atomic mass is 16.6. The zero-order valence-corrected chi connectivity index (χ0v) is 15.6. The van der Waals surface area contributed by atoms with Crippen LogP contribution in [0.2, 0.25) is 0 Å². The average Bonchev–Trinajstić information content (AvgIpc) is 2.37. The third-order valence-corrected chi connectivity index (χ3v) is 2.59. The molecule has 8 heteroatoms. The lowest BCUT2D eigenvalue weighted by atomic mass is 10.2. The Morgan fingerprint density at radius 1 is 0.880 bits per heavy atom. The molecule has 0 aliphatic heterocycles. The Kier molecular flexibility index (Phi) is 6.12. The van der Waals surface area contributed by atoms with Crippen LogP contribution in [0.4, 0.5) is 21.0 Å². The summed E-state index contributed by atoms with van der Waals surface area (Å²) in [5.74, 6) is -0.0795. The van der Waals surface area contributed by atoms with E-state index in [1.54, 1.807) is 41.5 Å². The molecule has 0 saturated carbocycles. The molecule has 0 atom stereocenters. The van der Waals surface area contributed by atoms with E-state index in [1.165, 1.54) is 19.2 Å². The molecular formula is C17H26N2O6. The molecular weight excluding hydrogens is 328 g/mol. The summed E-state index contributed by atoms with van der Waals surface area (Å²) in [6, 6.07) is 2.61. The minimum Gasteiger partial charge on any atom is -0.504 e. The number of rotatable bonds is 3. The van der Waals surface area contributed by atoms with E-state index in [-0.39, 0.29) is 22.9 Å². The fourth-order valence-electron chi connectivity index (χ4n) is 1.77. The first-order chi connectivity index (χ1) is 11.3. The van der Waals surface area contributed by atoms with Crippen LogP contribution in [0.1, 0.15) is 41.5 Å². The summed E-state index contributed by atoms with van der Waals surface area (Å²) in [4.78, 5) is 24.0. The smallest absolute Gasteiger partial charge is 0.412 e. The minimum atomic E-state index is -0.732. The molecule has 8 nitrogen and oxygen atoms in total. The summed E-state index contributed by atoms with van der Waals surface area (Å²) >= 11 is 0. The van der Waals surface area contributed by atoms with E-state index >= 15 is 0 Å². The molecule has 0 aliphatic rings. The standard InChI is InChI=1S/C17H26N2O6/c1-16(2,3)24-14(21)18-10-8-12(20)13(23-7)9-11(10)19-15(22)25-17(4,5)6/h8-9,20H,1-7H3,(H,18,21)(H,19,22). The van der Waals surface area contributed by atoms with Gasteiger partial charge in [0.15, 0.2) is 11.5 Å². The lowest BCUT2D eigenvalue weighted by molar-refractivity contribution is 0.0620. The fraction of sp³-hybridized carbons (Fsp3) is 0.529. The molecule has 0 aliphatic carbocycles. The minimum absolute atomic E-state index is 0.126. The van der Waals surface area contributed by atoms with E-state index < -0.39 is 23.4 Å². The maximum absolute atomic E-state index is 12.0. The van der Waals surface area contributed by atoms with Crippen LogP contribution in [0.3, 0.4) is 0 Å². The first kappa shape index (κ1) is 20.4. The number of benzene rings is 1. The van der Waals surface area contributed by atoms with E-state index in [2.05, 4.69) is 10.6 Å². The summed E-state index contributed by atoms with van der Waals surface area (Å²) in [6.07, 6.45) is -1.45. The number of nitrogens with one attached hydrogen (secondary N) is 2. The molecule has 25 heavy (non-hydrogen) atoms. The first-order valence-corrected chi connectivity index (χ1v) is 7.72. The van der Waals surface area contributed by atoms with Gasteiger partial charge in [0.1, 0.15) is 11.2 Å². The van der Waals surface area contributed by atoms with Crippen molar-refractivity contribution < 1.29 is 28.9 Å². The number of phenolic OH excluding ortho intramolecular Hbond substituents is 1. The van der Waals surface area contributed by atoms with Crippen molar-refractivity contribution in [1.82, 2.24) is 0 Å². The molecule has 0 heterocycles. The Labute approximate surface area is 147 Å². The summed E-state index contributed by atoms with van der Waals surface area (Å²) in [6.45, 7) is 10.3. The van der Waals surface area contributed by atoms with Gasteiger partial charge < -0.3 is 19.3 Å². The van der Waals surface area contributed by atoms with Crippen molar-refractivity contribution in [2.45, 2.75) is 52.7 Å². The number of amides is 2. The Balaban J connectivity index is 3.08. The first-order valence-electron chi connectivity index (χ1n) is 7.72. The zero-order valence-electron chi connectivity index (χ0n) is 15.6. The molecule has 0 unspecified atom stereocenters. The Morgan fingerprint density at radius 2 is 1.28 bits per heavy atom. The molecule has 1 rings (SSSR count). The van der Waals surface area contributed by atoms with Crippen LogP contribution in [0.25, 0.3) is 0 Å². The van der Waals surface area contributed by atoms with E-state index in [4.69, 9.17) is 14.2 Å². The van der Waals surface area contributed by atoms with Gasteiger partial charge in [0.2, 0.25) is 0 Å². The molecule has 3 N–H and O–H groups in total. The highest BCUT2D eigenvalue weighted by Gasteiger charge is 2.21. The number of methoxy groups -OCH3 is 1. The van der Waals surface area contributed by atoms with E-state index in [9.17, 15) is 14.7 Å². The zero-order chi connectivity index (χ0) is 19.4. The number of phenols is 1. The van der Waals surface area contributed by atoms with Gasteiger partial charge in [-0.15, -0.1) is 0 Å². The van der Waals surface area contributed by atoms with Gasteiger partial charge in [0.25, 0.3) is 0 Å². The van der Waals surface area contributed by atoms with Crippen molar-refractivity contribution >= 4 is 23.6 Å². The second-order valence-corrected chi connectivity index (χ2v) is 7.32. The van der Waals surface area contributed by atoms with Crippen LogP contribution in [0.15, 0.2) is 12.1 Å². The van der Waals surface area contributed by atoms with Crippen molar-refractivity contribution in [2.24, 2.45) is 0 Å². The normalized spacial score (nSPS) is 11.5. The third kappa shape index (κ3) is 7.19. The summed E-state index contributed by atoms with van der Waals surface area (Å²) in [5.41, 5.74) is -1.06. The highest BCUT2D eigenvalue weighted by molar-refractivity contribution is 5.96. The number of hydrogen-bond donors (Lipinski definition) is 3. The molecule has 140 valence electrons. The molecule has 0 aromatic heterocycles. The van der Waals surface area contributed by atoms with Gasteiger partial charge in [-0.05, 0) is 41.5 Å². The number of anilines is 2. The molecule has 2 amide bonds. The van der Waals surface area contributed by atoms with Gasteiger partial charge in [-0.2, -0.15) is 0 Å². The van der Waals surface area contributed by atoms with Crippen molar-refractivity contribution in [1.29, 1.82) is 0 Å². The van der Waals surface area contributed by atoms with E-state index in [1.807, 2.05) is 0 Å². The van der Waals surface area contributed by atoms with Crippen LogP contribution in [-0.4, -0.2) is 35.6 Å². The Morgan fingerprint density at radius 3 is 1.64 bits per heavy atom. The second-order valence-electron chi connectivity index (χ2n) is 7.32. The summed E-state index contributed by atoms with van der Waals surface area (Å²) in [5, 5.41) is 14.9. The SMILES string of the molecule is COc1cc(NC(=O)OC(C)(C)C)c(NC(=O)OC(C)(C)C)cc1O. The maximum atomic E-state index is 12.0. The molecule has 0 saturated heterocycles. The average molecular weight is 354 g/mol. The number of carbonyl (C=O) groups excluding carboxylic acids is 2. The van der Waals surface area contributed by atoms with Crippen LogP contribution in [0.5, 0.6) is 11.5 Å². The molecule has 0 bridgehead atoms. The third-order valence-electron chi connectivity index (χ3n) is 2.59. The van der Waals surface area contributed by atoms with Crippen molar-refractivity contribution in [2.75, 3.05) is 17.7 Å².